The molecule has 1 unspecified atom stereocenters. The Hall–Kier alpha value is -0.580. The van der Waals surface area contributed by atoms with Crippen molar-refractivity contribution in [2.75, 3.05) is 6.54 Å². The topological polar surface area (TPSA) is 50.1 Å². The highest BCUT2D eigenvalue weighted by Gasteiger charge is 2.15. The number of nitrogens with zero attached hydrogens (tertiary/aromatic N) is 2. The summed E-state index contributed by atoms with van der Waals surface area (Å²) in [6.07, 6.45) is -0.469. The number of rotatable bonds is 4. The first kappa shape index (κ1) is 14.5. The molecule has 0 bridgehead atoms. The Morgan fingerprint density at radius 2 is 2.00 bits per heavy atom. The van der Waals surface area contributed by atoms with E-state index < -0.39 is 6.10 Å². The third-order valence-electron chi connectivity index (χ3n) is 2.54. The van der Waals surface area contributed by atoms with Gasteiger partial charge in [-0.05, 0) is 34.6 Å². The van der Waals surface area contributed by atoms with E-state index in [1.807, 2.05) is 13.8 Å². The Morgan fingerprint density at radius 3 is 2.41 bits per heavy atom. The third kappa shape index (κ3) is 4.30. The molecule has 0 amide bonds. The maximum Gasteiger partial charge on any atom is 0.0860 e. The highest BCUT2D eigenvalue weighted by molar-refractivity contribution is 6.31. The van der Waals surface area contributed by atoms with Gasteiger partial charge in [-0.1, -0.05) is 11.6 Å². The predicted octanol–water partition coefficient (Wildman–Crippen LogP) is 1.90. The monoisotopic (exact) mass is 259 g/mol. The van der Waals surface area contributed by atoms with Crippen molar-refractivity contribution in [2.45, 2.75) is 52.8 Å². The van der Waals surface area contributed by atoms with Crippen LogP contribution in [0.3, 0.4) is 0 Å². The summed E-state index contributed by atoms with van der Waals surface area (Å²) < 4.78 is 1.76. The minimum Gasteiger partial charge on any atom is -0.390 e. The molecule has 0 radical (unpaired) electrons. The van der Waals surface area contributed by atoms with Crippen LogP contribution in [0.15, 0.2) is 0 Å². The van der Waals surface area contributed by atoms with Gasteiger partial charge in [-0.25, -0.2) is 0 Å². The van der Waals surface area contributed by atoms with Gasteiger partial charge in [-0.3, -0.25) is 4.68 Å². The van der Waals surface area contributed by atoms with E-state index in [0.717, 1.165) is 11.4 Å². The van der Waals surface area contributed by atoms with Crippen molar-refractivity contribution in [3.63, 3.8) is 0 Å². The molecule has 0 aliphatic heterocycles. The number of β-amino-alcohol motifs (C(OH)–C–C–N with tert-alkyl or cyclic N) is 1. The smallest absolute Gasteiger partial charge is 0.0860 e. The Bertz CT molecular complexity index is 382. The lowest BCUT2D eigenvalue weighted by molar-refractivity contribution is 0.137. The van der Waals surface area contributed by atoms with E-state index in [1.54, 1.807) is 4.68 Å². The van der Waals surface area contributed by atoms with E-state index in [2.05, 4.69) is 31.2 Å². The molecule has 0 aliphatic rings. The van der Waals surface area contributed by atoms with Gasteiger partial charge in [0.15, 0.2) is 0 Å². The van der Waals surface area contributed by atoms with Crippen molar-refractivity contribution in [1.29, 1.82) is 0 Å². The van der Waals surface area contributed by atoms with Crippen LogP contribution < -0.4 is 5.32 Å². The second-order valence-corrected chi connectivity index (χ2v) is 5.83. The van der Waals surface area contributed by atoms with Crippen LogP contribution in [-0.4, -0.2) is 33.1 Å². The van der Waals surface area contributed by atoms with Crippen LogP contribution in [0.4, 0.5) is 0 Å². The van der Waals surface area contributed by atoms with E-state index in [1.165, 1.54) is 0 Å². The van der Waals surface area contributed by atoms with Gasteiger partial charge in [-0.15, -0.1) is 0 Å². The SMILES string of the molecule is Cc1nn(CC(O)CNC(C)(C)C)c(C)c1Cl. The molecule has 1 atom stereocenters. The van der Waals surface area contributed by atoms with Gasteiger partial charge in [0.2, 0.25) is 0 Å². The highest BCUT2D eigenvalue weighted by Crippen LogP contribution is 2.18. The van der Waals surface area contributed by atoms with Gasteiger partial charge in [0.1, 0.15) is 0 Å². The van der Waals surface area contributed by atoms with Gasteiger partial charge in [0, 0.05) is 12.1 Å². The molecule has 0 aromatic carbocycles. The number of aliphatic hydroxyl groups is 1. The van der Waals surface area contributed by atoms with Crippen LogP contribution in [0.1, 0.15) is 32.2 Å². The summed E-state index contributed by atoms with van der Waals surface area (Å²) in [6, 6.07) is 0. The zero-order chi connectivity index (χ0) is 13.2. The second kappa shape index (κ2) is 5.38. The lowest BCUT2D eigenvalue weighted by Gasteiger charge is -2.23. The number of aliphatic hydroxyl groups excluding tert-OH is 1. The summed E-state index contributed by atoms with van der Waals surface area (Å²) in [6.45, 7) is 11.0. The molecular weight excluding hydrogens is 238 g/mol. The fourth-order valence-electron chi connectivity index (χ4n) is 1.54. The van der Waals surface area contributed by atoms with Crippen molar-refractivity contribution in [2.24, 2.45) is 0 Å². The molecule has 0 saturated heterocycles. The molecule has 1 heterocycles. The van der Waals surface area contributed by atoms with Crippen LogP contribution in [-0.2, 0) is 6.54 Å². The van der Waals surface area contributed by atoms with Crippen molar-refractivity contribution in [3.05, 3.63) is 16.4 Å². The summed E-state index contributed by atoms with van der Waals surface area (Å²) >= 11 is 6.05. The van der Waals surface area contributed by atoms with Gasteiger partial charge in [0.25, 0.3) is 0 Å². The number of hydrogen-bond donors (Lipinski definition) is 2. The van der Waals surface area contributed by atoms with Crippen LogP contribution in [0.2, 0.25) is 5.02 Å². The molecule has 5 heteroatoms. The van der Waals surface area contributed by atoms with Crippen molar-refractivity contribution in [3.8, 4) is 0 Å². The largest absolute Gasteiger partial charge is 0.390 e. The molecule has 2 N–H and O–H groups in total. The Kier molecular flexibility index (Phi) is 4.58. The molecule has 17 heavy (non-hydrogen) atoms. The lowest BCUT2D eigenvalue weighted by atomic mass is 10.1. The first-order valence-corrected chi connectivity index (χ1v) is 6.21. The summed E-state index contributed by atoms with van der Waals surface area (Å²) in [5.41, 5.74) is 1.72. The van der Waals surface area contributed by atoms with E-state index >= 15 is 0 Å². The van der Waals surface area contributed by atoms with Crippen molar-refractivity contribution in [1.82, 2.24) is 15.1 Å². The highest BCUT2D eigenvalue weighted by atomic mass is 35.5. The van der Waals surface area contributed by atoms with Crippen LogP contribution in [0, 0.1) is 13.8 Å². The normalized spacial score (nSPS) is 14.1. The van der Waals surface area contributed by atoms with Gasteiger partial charge >= 0.3 is 0 Å². The molecule has 4 nitrogen and oxygen atoms in total. The summed E-state index contributed by atoms with van der Waals surface area (Å²) in [5.74, 6) is 0. The van der Waals surface area contributed by atoms with E-state index in [-0.39, 0.29) is 5.54 Å². The Morgan fingerprint density at radius 1 is 1.41 bits per heavy atom. The average molecular weight is 260 g/mol. The minimum atomic E-state index is -0.469. The maximum absolute atomic E-state index is 9.92. The quantitative estimate of drug-likeness (QED) is 0.868. The number of hydrogen-bond acceptors (Lipinski definition) is 3. The molecule has 1 aromatic heterocycles. The van der Waals surface area contributed by atoms with E-state index in [4.69, 9.17) is 11.6 Å². The number of aryl methyl sites for hydroxylation is 1. The van der Waals surface area contributed by atoms with Crippen LogP contribution >= 0.6 is 11.6 Å². The zero-order valence-corrected chi connectivity index (χ0v) is 12.0. The minimum absolute atomic E-state index is 0.00764. The first-order valence-electron chi connectivity index (χ1n) is 5.83. The third-order valence-corrected chi connectivity index (χ3v) is 3.09. The number of halogens is 1. The second-order valence-electron chi connectivity index (χ2n) is 5.45. The molecule has 0 aliphatic carbocycles. The van der Waals surface area contributed by atoms with E-state index in [9.17, 15) is 5.11 Å². The molecule has 1 aromatic rings. The Balaban J connectivity index is 2.56. The van der Waals surface area contributed by atoms with Crippen molar-refractivity contribution < 1.29 is 5.11 Å². The summed E-state index contributed by atoms with van der Waals surface area (Å²) in [5, 5.41) is 18.2. The summed E-state index contributed by atoms with van der Waals surface area (Å²) in [7, 11) is 0. The van der Waals surface area contributed by atoms with Gasteiger partial charge in [-0.2, -0.15) is 5.10 Å². The molecular formula is C12H22ClN3O. The number of nitrogens with one attached hydrogen (secondary N) is 1. The Labute approximate surface area is 108 Å². The molecule has 1 rings (SSSR count). The van der Waals surface area contributed by atoms with Crippen LogP contribution in [0.5, 0.6) is 0 Å². The zero-order valence-electron chi connectivity index (χ0n) is 11.2. The van der Waals surface area contributed by atoms with Gasteiger partial charge in [0.05, 0.1) is 29.1 Å². The van der Waals surface area contributed by atoms with E-state index in [0.29, 0.717) is 18.1 Å². The fraction of sp³-hybridized carbons (Fsp3) is 0.750. The van der Waals surface area contributed by atoms with Crippen LogP contribution in [0.25, 0.3) is 0 Å². The van der Waals surface area contributed by atoms with Gasteiger partial charge < -0.3 is 10.4 Å². The molecule has 0 fully saturated rings. The average Bonchev–Trinajstić information content (AvgIpc) is 2.43. The van der Waals surface area contributed by atoms with Crippen molar-refractivity contribution >= 4 is 11.6 Å². The lowest BCUT2D eigenvalue weighted by Crippen LogP contribution is -2.42. The first-order chi connectivity index (χ1) is 7.70. The number of aromatic nitrogens is 2. The standard InChI is InChI=1S/C12H22ClN3O/c1-8-11(13)9(2)16(15-8)7-10(17)6-14-12(3,4)5/h10,14,17H,6-7H2,1-5H3. The summed E-state index contributed by atoms with van der Waals surface area (Å²) in [4.78, 5) is 0. The molecule has 0 saturated carbocycles. The predicted molar refractivity (Wildman–Crippen MR) is 70.5 cm³/mol. The maximum atomic E-state index is 9.92. The molecule has 98 valence electrons. The molecule has 0 spiro atoms. The fourth-order valence-corrected chi connectivity index (χ4v) is 1.68.